The molecule has 0 unspecified atom stereocenters. The molecule has 0 aromatic heterocycles. The van der Waals surface area contributed by atoms with Crippen LogP contribution in [-0.2, 0) is 20.7 Å². The zero-order chi connectivity index (χ0) is 20.3. The summed E-state index contributed by atoms with van der Waals surface area (Å²) in [7, 11) is 0. The summed E-state index contributed by atoms with van der Waals surface area (Å²) >= 11 is 3.41. The molecular weight excluding hydrogens is 414 g/mol. The van der Waals surface area contributed by atoms with Crippen molar-refractivity contribution in [2.75, 3.05) is 19.6 Å². The maximum Gasteiger partial charge on any atom is 0.408 e. The number of nitrogens with one attached hydrogen (secondary N) is 3. The number of hydrogen-bond donors (Lipinski definition) is 3. The Morgan fingerprint density at radius 3 is 2.33 bits per heavy atom. The minimum absolute atomic E-state index is 0.0205. The lowest BCUT2D eigenvalue weighted by Crippen LogP contribution is -2.40. The molecule has 1 aromatic carbocycles. The van der Waals surface area contributed by atoms with Crippen LogP contribution < -0.4 is 16.0 Å². The fourth-order valence-electron chi connectivity index (χ4n) is 2.11. The molecule has 0 aliphatic heterocycles. The van der Waals surface area contributed by atoms with Gasteiger partial charge in [-0.2, -0.15) is 0 Å². The highest BCUT2D eigenvalue weighted by Crippen LogP contribution is 2.12. The number of carbonyl (C=O) groups excluding carboxylic acids is 3. The van der Waals surface area contributed by atoms with Gasteiger partial charge in [-0.1, -0.05) is 28.1 Å². The molecule has 0 atom stereocenters. The van der Waals surface area contributed by atoms with E-state index in [1.54, 1.807) is 20.8 Å². The van der Waals surface area contributed by atoms with Crippen LogP contribution in [0.15, 0.2) is 28.7 Å². The molecule has 1 aromatic rings. The van der Waals surface area contributed by atoms with Crippen LogP contribution in [0.1, 0.15) is 39.2 Å². The van der Waals surface area contributed by atoms with E-state index in [1.807, 2.05) is 24.3 Å². The van der Waals surface area contributed by atoms with Crippen LogP contribution in [-0.4, -0.2) is 43.1 Å². The number of amides is 3. The summed E-state index contributed by atoms with van der Waals surface area (Å²) < 4.78 is 6.04. The zero-order valence-electron chi connectivity index (χ0n) is 16.1. The molecule has 0 aliphatic carbocycles. The molecule has 27 heavy (non-hydrogen) atoms. The van der Waals surface area contributed by atoms with Crippen molar-refractivity contribution in [2.45, 2.75) is 45.6 Å². The van der Waals surface area contributed by atoms with Crippen molar-refractivity contribution in [1.82, 2.24) is 16.0 Å². The predicted molar refractivity (Wildman–Crippen MR) is 107 cm³/mol. The summed E-state index contributed by atoms with van der Waals surface area (Å²) in [4.78, 5) is 34.9. The van der Waals surface area contributed by atoms with Crippen LogP contribution in [0.3, 0.4) is 0 Å². The van der Waals surface area contributed by atoms with Gasteiger partial charge in [0, 0.05) is 24.0 Å². The molecule has 0 radical (unpaired) electrons. The highest BCUT2D eigenvalue weighted by molar-refractivity contribution is 9.10. The summed E-state index contributed by atoms with van der Waals surface area (Å²) in [6, 6.07) is 7.87. The van der Waals surface area contributed by atoms with Gasteiger partial charge in [0.05, 0.1) is 6.54 Å². The van der Waals surface area contributed by atoms with Gasteiger partial charge in [0.25, 0.3) is 0 Å². The van der Waals surface area contributed by atoms with Crippen molar-refractivity contribution in [1.29, 1.82) is 0 Å². The van der Waals surface area contributed by atoms with Gasteiger partial charge in [-0.25, -0.2) is 4.79 Å². The van der Waals surface area contributed by atoms with E-state index in [4.69, 9.17) is 4.74 Å². The molecule has 0 aliphatic rings. The van der Waals surface area contributed by atoms with Gasteiger partial charge < -0.3 is 20.7 Å². The monoisotopic (exact) mass is 441 g/mol. The first-order valence-corrected chi connectivity index (χ1v) is 9.70. The van der Waals surface area contributed by atoms with Crippen molar-refractivity contribution in [3.8, 4) is 0 Å². The minimum Gasteiger partial charge on any atom is -0.444 e. The molecule has 0 spiro atoms. The van der Waals surface area contributed by atoms with Gasteiger partial charge in [0.2, 0.25) is 11.8 Å². The van der Waals surface area contributed by atoms with E-state index in [0.29, 0.717) is 32.4 Å². The molecule has 0 saturated carbocycles. The van der Waals surface area contributed by atoms with E-state index in [9.17, 15) is 14.4 Å². The van der Waals surface area contributed by atoms with E-state index in [0.717, 1.165) is 10.0 Å². The van der Waals surface area contributed by atoms with Crippen LogP contribution in [0, 0.1) is 0 Å². The summed E-state index contributed by atoms with van der Waals surface area (Å²) in [6.45, 7) is 6.00. The number of aryl methyl sites for hydroxylation is 1. The number of alkyl carbamates (subject to hydrolysis) is 1. The third-order valence-corrected chi connectivity index (χ3v) is 3.81. The first kappa shape index (κ1) is 23.0. The Morgan fingerprint density at radius 1 is 1.04 bits per heavy atom. The second kappa shape index (κ2) is 11.6. The second-order valence-electron chi connectivity index (χ2n) is 7.04. The number of benzene rings is 1. The highest BCUT2D eigenvalue weighted by Gasteiger charge is 2.16. The Labute approximate surface area is 168 Å². The highest BCUT2D eigenvalue weighted by atomic mass is 79.9. The van der Waals surface area contributed by atoms with Crippen LogP contribution in [0.25, 0.3) is 0 Å². The topological polar surface area (TPSA) is 96.5 Å². The summed E-state index contributed by atoms with van der Waals surface area (Å²) in [5.74, 6) is -0.324. The maximum atomic E-state index is 11.8. The number of hydrogen-bond acceptors (Lipinski definition) is 4. The predicted octanol–water partition coefficient (Wildman–Crippen LogP) is 2.53. The standard InChI is InChI=1S/C19H28BrN3O4/c1-19(2,3)27-18(26)23-13-17(25)22-11-5-10-21-16(24)9-8-14-6-4-7-15(20)12-14/h4,6-7,12H,5,8-11,13H2,1-3H3,(H,21,24)(H,22,25)(H,23,26). The van der Waals surface area contributed by atoms with Crippen molar-refractivity contribution in [2.24, 2.45) is 0 Å². The van der Waals surface area contributed by atoms with E-state index in [-0.39, 0.29) is 18.4 Å². The van der Waals surface area contributed by atoms with Gasteiger partial charge in [0.1, 0.15) is 5.60 Å². The Hall–Kier alpha value is -2.09. The SMILES string of the molecule is CC(C)(C)OC(=O)NCC(=O)NCCCNC(=O)CCc1cccc(Br)c1. The number of ether oxygens (including phenoxy) is 1. The number of rotatable bonds is 9. The summed E-state index contributed by atoms with van der Waals surface area (Å²) in [5, 5.41) is 7.89. The molecule has 7 nitrogen and oxygen atoms in total. The van der Waals surface area contributed by atoms with Crippen molar-refractivity contribution in [3.05, 3.63) is 34.3 Å². The lowest BCUT2D eigenvalue weighted by molar-refractivity contribution is -0.121. The second-order valence-corrected chi connectivity index (χ2v) is 7.95. The molecule has 0 heterocycles. The van der Waals surface area contributed by atoms with Gasteiger partial charge in [-0.3, -0.25) is 9.59 Å². The molecule has 1 rings (SSSR count). The number of carbonyl (C=O) groups is 3. The van der Waals surface area contributed by atoms with E-state index in [1.165, 1.54) is 0 Å². The summed E-state index contributed by atoms with van der Waals surface area (Å²) in [6.07, 6.45) is 1.08. The molecule has 150 valence electrons. The normalized spacial score (nSPS) is 10.8. The average molecular weight is 442 g/mol. The van der Waals surface area contributed by atoms with E-state index < -0.39 is 11.7 Å². The summed E-state index contributed by atoms with van der Waals surface area (Å²) in [5.41, 5.74) is 0.500. The van der Waals surface area contributed by atoms with Crippen LogP contribution in [0.5, 0.6) is 0 Å². The van der Waals surface area contributed by atoms with Crippen LogP contribution in [0.4, 0.5) is 4.79 Å². The largest absolute Gasteiger partial charge is 0.444 e. The van der Waals surface area contributed by atoms with Gasteiger partial charge in [0.15, 0.2) is 0 Å². The Morgan fingerprint density at radius 2 is 1.70 bits per heavy atom. The lowest BCUT2D eigenvalue weighted by atomic mass is 10.1. The molecule has 8 heteroatoms. The van der Waals surface area contributed by atoms with Crippen molar-refractivity contribution in [3.63, 3.8) is 0 Å². The van der Waals surface area contributed by atoms with Gasteiger partial charge in [-0.15, -0.1) is 0 Å². The molecule has 0 fully saturated rings. The quantitative estimate of drug-likeness (QED) is 0.512. The molecule has 3 amide bonds. The van der Waals surface area contributed by atoms with Gasteiger partial charge in [-0.05, 0) is 51.3 Å². The molecular formula is C19H28BrN3O4. The van der Waals surface area contributed by atoms with Crippen molar-refractivity contribution < 1.29 is 19.1 Å². The molecule has 3 N–H and O–H groups in total. The fraction of sp³-hybridized carbons (Fsp3) is 0.526. The van der Waals surface area contributed by atoms with Crippen LogP contribution >= 0.6 is 15.9 Å². The average Bonchev–Trinajstić information content (AvgIpc) is 2.56. The zero-order valence-corrected chi connectivity index (χ0v) is 17.6. The first-order valence-electron chi connectivity index (χ1n) is 8.90. The Balaban J connectivity index is 2.06. The minimum atomic E-state index is -0.629. The first-order chi connectivity index (χ1) is 12.7. The smallest absolute Gasteiger partial charge is 0.408 e. The van der Waals surface area contributed by atoms with E-state index in [2.05, 4.69) is 31.9 Å². The fourth-order valence-corrected chi connectivity index (χ4v) is 2.56. The van der Waals surface area contributed by atoms with Gasteiger partial charge >= 0.3 is 6.09 Å². The van der Waals surface area contributed by atoms with E-state index >= 15 is 0 Å². The third kappa shape index (κ3) is 12.0. The third-order valence-electron chi connectivity index (χ3n) is 3.32. The van der Waals surface area contributed by atoms with Crippen LogP contribution in [0.2, 0.25) is 0 Å². The Bertz CT molecular complexity index is 644. The Kier molecular flexibility index (Phi) is 9.85. The molecule has 0 saturated heterocycles. The number of halogens is 1. The lowest BCUT2D eigenvalue weighted by Gasteiger charge is -2.19. The molecule has 0 bridgehead atoms. The maximum absolute atomic E-state index is 11.8. The van der Waals surface area contributed by atoms with Crippen molar-refractivity contribution >= 4 is 33.8 Å².